The number of rotatable bonds is 7. The van der Waals surface area contributed by atoms with Crippen molar-refractivity contribution in [3.8, 4) is 0 Å². The Morgan fingerprint density at radius 1 is 1.36 bits per heavy atom. The molecule has 2 N–H and O–H groups in total. The summed E-state index contributed by atoms with van der Waals surface area (Å²) >= 11 is 0. The molecular weight excluding hydrogens is 276 g/mol. The van der Waals surface area contributed by atoms with E-state index in [1.165, 1.54) is 32.2 Å². The first-order valence-corrected chi connectivity index (χ1v) is 9.07. The maximum atomic E-state index is 5.97. The number of fused-ring (bicyclic) bond motifs is 1. The Hall–Kier alpha value is -0.810. The Labute approximate surface area is 135 Å². The predicted octanol–water partition coefficient (Wildman–Crippen LogP) is 1.84. The van der Waals surface area contributed by atoms with E-state index < -0.39 is 0 Å². The van der Waals surface area contributed by atoms with Gasteiger partial charge >= 0.3 is 0 Å². The number of morpholine rings is 1. The first-order valence-electron chi connectivity index (χ1n) is 9.07. The van der Waals surface area contributed by atoms with Crippen LogP contribution in [0.3, 0.4) is 0 Å². The van der Waals surface area contributed by atoms with E-state index in [1.54, 1.807) is 0 Å². The molecule has 0 spiro atoms. The van der Waals surface area contributed by atoms with Crippen LogP contribution in [-0.2, 0) is 4.74 Å². The van der Waals surface area contributed by atoms with Crippen molar-refractivity contribution >= 4 is 5.96 Å². The molecule has 2 atom stereocenters. The van der Waals surface area contributed by atoms with Gasteiger partial charge in [0.15, 0.2) is 5.96 Å². The minimum Gasteiger partial charge on any atom is -0.373 e. The van der Waals surface area contributed by atoms with E-state index in [0.29, 0.717) is 6.04 Å². The third-order valence-electron chi connectivity index (χ3n) is 4.51. The fraction of sp³-hybridized carbons (Fsp3) is 0.941. The van der Waals surface area contributed by atoms with E-state index in [0.717, 1.165) is 44.7 Å². The Bertz CT molecular complexity index is 346. The lowest BCUT2D eigenvalue weighted by atomic mass is 10.1. The number of nitrogens with zero attached hydrogens (tertiary/aromatic N) is 2. The molecule has 128 valence electrons. The first kappa shape index (κ1) is 17.5. The maximum Gasteiger partial charge on any atom is 0.191 e. The summed E-state index contributed by atoms with van der Waals surface area (Å²) in [4.78, 5) is 7.29. The number of ether oxygens (including phenoxy) is 1. The Morgan fingerprint density at radius 3 is 3.00 bits per heavy atom. The van der Waals surface area contributed by atoms with Crippen molar-refractivity contribution in [2.75, 3.05) is 39.3 Å². The van der Waals surface area contributed by atoms with Gasteiger partial charge in [0.05, 0.1) is 19.3 Å². The molecule has 5 heteroatoms. The SMILES string of the molecule is CCNC(=NCC1CN2CCCC2CO1)NCCCC(C)C. The third kappa shape index (κ3) is 5.76. The molecule has 2 aliphatic rings. The molecule has 0 radical (unpaired) electrons. The van der Waals surface area contributed by atoms with Crippen molar-refractivity contribution in [2.45, 2.75) is 58.6 Å². The number of hydrogen-bond acceptors (Lipinski definition) is 3. The molecule has 2 fully saturated rings. The second-order valence-electron chi connectivity index (χ2n) is 6.93. The molecule has 2 aliphatic heterocycles. The van der Waals surface area contributed by atoms with Crippen LogP contribution in [0.25, 0.3) is 0 Å². The summed E-state index contributed by atoms with van der Waals surface area (Å²) in [5.74, 6) is 1.70. The van der Waals surface area contributed by atoms with Crippen molar-refractivity contribution in [1.82, 2.24) is 15.5 Å². The summed E-state index contributed by atoms with van der Waals surface area (Å²) in [6.07, 6.45) is 5.33. The fourth-order valence-electron chi connectivity index (χ4n) is 3.25. The summed E-state index contributed by atoms with van der Waals surface area (Å²) in [5, 5.41) is 6.76. The zero-order valence-corrected chi connectivity index (χ0v) is 14.6. The molecule has 2 rings (SSSR count). The van der Waals surface area contributed by atoms with E-state index in [9.17, 15) is 0 Å². The van der Waals surface area contributed by atoms with Crippen LogP contribution < -0.4 is 10.6 Å². The van der Waals surface area contributed by atoms with Gasteiger partial charge in [-0.25, -0.2) is 0 Å². The lowest BCUT2D eigenvalue weighted by Crippen LogP contribution is -2.47. The number of aliphatic imine (C=N–C) groups is 1. The van der Waals surface area contributed by atoms with Crippen molar-refractivity contribution in [3.63, 3.8) is 0 Å². The zero-order valence-electron chi connectivity index (χ0n) is 14.6. The Kier molecular flexibility index (Phi) is 7.46. The van der Waals surface area contributed by atoms with Gasteiger partial charge in [-0.05, 0) is 45.1 Å². The van der Waals surface area contributed by atoms with Gasteiger partial charge < -0.3 is 15.4 Å². The molecule has 0 aliphatic carbocycles. The summed E-state index contributed by atoms with van der Waals surface area (Å²) in [5.41, 5.74) is 0. The molecule has 2 saturated heterocycles. The standard InChI is InChI=1S/C17H34N4O/c1-4-18-17(19-9-5-7-14(2)3)20-11-16-12-21-10-6-8-15(21)13-22-16/h14-16H,4-13H2,1-3H3,(H2,18,19,20). The minimum atomic E-state index is 0.250. The number of nitrogens with one attached hydrogen (secondary N) is 2. The monoisotopic (exact) mass is 310 g/mol. The third-order valence-corrected chi connectivity index (χ3v) is 4.51. The maximum absolute atomic E-state index is 5.97. The quantitative estimate of drug-likeness (QED) is 0.428. The molecule has 0 aromatic rings. The van der Waals surface area contributed by atoms with Crippen molar-refractivity contribution < 1.29 is 4.74 Å². The highest BCUT2D eigenvalue weighted by atomic mass is 16.5. The van der Waals surface area contributed by atoms with E-state index in [1.807, 2.05) is 0 Å². The molecule has 0 amide bonds. The van der Waals surface area contributed by atoms with Crippen molar-refractivity contribution in [3.05, 3.63) is 0 Å². The van der Waals surface area contributed by atoms with Crippen LogP contribution in [0.1, 0.15) is 46.5 Å². The van der Waals surface area contributed by atoms with Gasteiger partial charge in [-0.2, -0.15) is 0 Å². The second kappa shape index (κ2) is 9.36. The van der Waals surface area contributed by atoms with E-state index in [2.05, 4.69) is 36.3 Å². The molecule has 2 unspecified atom stereocenters. The highest BCUT2D eigenvalue weighted by Crippen LogP contribution is 2.22. The van der Waals surface area contributed by atoms with Gasteiger partial charge in [0, 0.05) is 25.7 Å². The fourth-order valence-corrected chi connectivity index (χ4v) is 3.25. The average molecular weight is 310 g/mol. The molecule has 2 heterocycles. The van der Waals surface area contributed by atoms with Crippen LogP contribution >= 0.6 is 0 Å². The topological polar surface area (TPSA) is 48.9 Å². The molecule has 0 saturated carbocycles. The highest BCUT2D eigenvalue weighted by molar-refractivity contribution is 5.79. The van der Waals surface area contributed by atoms with Gasteiger partial charge in [0.25, 0.3) is 0 Å². The van der Waals surface area contributed by atoms with Gasteiger partial charge in [0.1, 0.15) is 0 Å². The second-order valence-corrected chi connectivity index (χ2v) is 6.93. The van der Waals surface area contributed by atoms with Crippen molar-refractivity contribution in [1.29, 1.82) is 0 Å². The van der Waals surface area contributed by atoms with Crippen LogP contribution in [0.4, 0.5) is 0 Å². The Balaban J connectivity index is 1.72. The van der Waals surface area contributed by atoms with Gasteiger partial charge in [-0.15, -0.1) is 0 Å². The van der Waals surface area contributed by atoms with Gasteiger partial charge in [-0.1, -0.05) is 13.8 Å². The summed E-state index contributed by atoms with van der Waals surface area (Å²) < 4.78 is 5.97. The average Bonchev–Trinajstić information content (AvgIpc) is 2.96. The minimum absolute atomic E-state index is 0.250. The molecule has 22 heavy (non-hydrogen) atoms. The van der Waals surface area contributed by atoms with Crippen LogP contribution in [0.15, 0.2) is 4.99 Å². The van der Waals surface area contributed by atoms with Crippen LogP contribution in [0.5, 0.6) is 0 Å². The van der Waals surface area contributed by atoms with Crippen LogP contribution in [0.2, 0.25) is 0 Å². The van der Waals surface area contributed by atoms with Crippen LogP contribution in [0, 0.1) is 5.92 Å². The summed E-state index contributed by atoms with van der Waals surface area (Å²) in [7, 11) is 0. The molecule has 0 aromatic heterocycles. The lowest BCUT2D eigenvalue weighted by Gasteiger charge is -2.34. The molecule has 0 aromatic carbocycles. The molecule has 5 nitrogen and oxygen atoms in total. The van der Waals surface area contributed by atoms with E-state index in [4.69, 9.17) is 9.73 Å². The number of hydrogen-bond donors (Lipinski definition) is 2. The Morgan fingerprint density at radius 2 is 2.23 bits per heavy atom. The summed E-state index contributed by atoms with van der Waals surface area (Å²) in [6.45, 7) is 12.5. The zero-order chi connectivity index (χ0) is 15.8. The predicted molar refractivity (Wildman–Crippen MR) is 92.4 cm³/mol. The largest absolute Gasteiger partial charge is 0.373 e. The van der Waals surface area contributed by atoms with E-state index in [-0.39, 0.29) is 6.10 Å². The summed E-state index contributed by atoms with van der Waals surface area (Å²) in [6, 6.07) is 0.669. The highest BCUT2D eigenvalue weighted by Gasteiger charge is 2.31. The van der Waals surface area contributed by atoms with Gasteiger partial charge in [-0.3, -0.25) is 9.89 Å². The normalized spacial score (nSPS) is 26.3. The molecule has 0 bridgehead atoms. The van der Waals surface area contributed by atoms with E-state index >= 15 is 0 Å². The molecular formula is C17H34N4O. The number of guanidine groups is 1. The van der Waals surface area contributed by atoms with Gasteiger partial charge in [0.2, 0.25) is 0 Å². The van der Waals surface area contributed by atoms with Crippen molar-refractivity contribution in [2.24, 2.45) is 10.9 Å². The smallest absolute Gasteiger partial charge is 0.191 e. The first-order chi connectivity index (χ1) is 10.7. The lowest BCUT2D eigenvalue weighted by molar-refractivity contribution is -0.0432. The van der Waals surface area contributed by atoms with Crippen LogP contribution in [-0.4, -0.2) is 62.3 Å².